The fourth-order valence-corrected chi connectivity index (χ4v) is 2.67. The number of nitrogens with one attached hydrogen (secondary N) is 1. The van der Waals surface area contributed by atoms with E-state index in [0.29, 0.717) is 12.1 Å². The third-order valence-electron chi connectivity index (χ3n) is 4.15. The second-order valence-electron chi connectivity index (χ2n) is 6.19. The Morgan fingerprint density at radius 3 is 2.78 bits per heavy atom. The molecule has 1 amide bonds. The lowest BCUT2D eigenvalue weighted by atomic mass is 10.1. The molecule has 0 unspecified atom stereocenters. The highest BCUT2D eigenvalue weighted by Gasteiger charge is 2.20. The van der Waals surface area contributed by atoms with Crippen molar-refractivity contribution in [3.63, 3.8) is 0 Å². The van der Waals surface area contributed by atoms with Crippen LogP contribution >= 0.6 is 0 Å². The van der Waals surface area contributed by atoms with Gasteiger partial charge in [0.25, 0.3) is 5.91 Å². The number of aromatic nitrogens is 1. The van der Waals surface area contributed by atoms with E-state index in [9.17, 15) is 4.79 Å². The highest BCUT2D eigenvalue weighted by Crippen LogP contribution is 2.28. The van der Waals surface area contributed by atoms with E-state index in [1.807, 2.05) is 54.2 Å². The van der Waals surface area contributed by atoms with Gasteiger partial charge < -0.3 is 14.6 Å². The van der Waals surface area contributed by atoms with Gasteiger partial charge in [-0.05, 0) is 55.9 Å². The summed E-state index contributed by atoms with van der Waals surface area (Å²) >= 11 is 0. The van der Waals surface area contributed by atoms with Crippen LogP contribution in [-0.4, -0.2) is 30.2 Å². The van der Waals surface area contributed by atoms with Crippen molar-refractivity contribution in [2.75, 3.05) is 19.8 Å². The minimum atomic E-state index is -0.0282. The zero-order chi connectivity index (χ0) is 16.1. The molecule has 23 heavy (non-hydrogen) atoms. The van der Waals surface area contributed by atoms with Gasteiger partial charge in [0, 0.05) is 32.2 Å². The molecular formula is C19H24N2O2. The average Bonchev–Trinajstić information content (AvgIpc) is 3.22. The van der Waals surface area contributed by atoms with Gasteiger partial charge in [-0.3, -0.25) is 4.79 Å². The predicted molar refractivity (Wildman–Crippen MR) is 91.0 cm³/mol. The minimum absolute atomic E-state index is 0.0282. The highest BCUT2D eigenvalue weighted by molar-refractivity contribution is 5.98. The molecule has 1 heterocycles. The van der Waals surface area contributed by atoms with Crippen molar-refractivity contribution in [2.45, 2.75) is 26.2 Å². The Hall–Kier alpha value is -2.07. The Labute approximate surface area is 137 Å². The maximum absolute atomic E-state index is 12.5. The second-order valence-corrected chi connectivity index (χ2v) is 6.19. The number of ether oxygens (including phenoxy) is 1. The Morgan fingerprint density at radius 1 is 1.26 bits per heavy atom. The van der Waals surface area contributed by atoms with Crippen LogP contribution in [0.3, 0.4) is 0 Å². The summed E-state index contributed by atoms with van der Waals surface area (Å²) in [5, 5.41) is 3.00. The van der Waals surface area contributed by atoms with Gasteiger partial charge in [0.05, 0.1) is 11.3 Å². The van der Waals surface area contributed by atoms with Gasteiger partial charge in [0.2, 0.25) is 0 Å². The fraction of sp³-hybridized carbons (Fsp3) is 0.421. The van der Waals surface area contributed by atoms with Gasteiger partial charge in [-0.15, -0.1) is 0 Å². The zero-order valence-corrected chi connectivity index (χ0v) is 13.6. The molecule has 1 N–H and O–H groups in total. The van der Waals surface area contributed by atoms with E-state index >= 15 is 0 Å². The van der Waals surface area contributed by atoms with Crippen molar-refractivity contribution < 1.29 is 9.53 Å². The Bertz CT molecular complexity index is 645. The third kappa shape index (κ3) is 4.23. The summed E-state index contributed by atoms with van der Waals surface area (Å²) in [5.74, 6) is 0.764. The predicted octanol–water partition coefficient (Wildman–Crippen LogP) is 3.33. The molecule has 4 heteroatoms. The SMILES string of the molecule is Cc1cccc(C(=O)NCCCOCC2CC2)c1-n1cccc1. The molecule has 4 nitrogen and oxygen atoms in total. The molecule has 1 aromatic carbocycles. The van der Waals surface area contributed by atoms with Crippen LogP contribution in [0.4, 0.5) is 0 Å². The smallest absolute Gasteiger partial charge is 0.253 e. The van der Waals surface area contributed by atoms with Crippen LogP contribution in [0.25, 0.3) is 5.69 Å². The molecule has 0 spiro atoms. The molecule has 1 aromatic heterocycles. The molecule has 1 aliphatic carbocycles. The van der Waals surface area contributed by atoms with Crippen molar-refractivity contribution in [3.8, 4) is 5.69 Å². The van der Waals surface area contributed by atoms with E-state index < -0.39 is 0 Å². The summed E-state index contributed by atoms with van der Waals surface area (Å²) in [6, 6.07) is 9.76. The number of aryl methyl sites for hydroxylation is 1. The van der Waals surface area contributed by atoms with Crippen LogP contribution in [0.2, 0.25) is 0 Å². The number of carbonyl (C=O) groups excluding carboxylic acids is 1. The number of rotatable bonds is 8. The zero-order valence-electron chi connectivity index (χ0n) is 13.6. The largest absolute Gasteiger partial charge is 0.381 e. The summed E-state index contributed by atoms with van der Waals surface area (Å²) < 4.78 is 7.58. The molecular weight excluding hydrogens is 288 g/mol. The Morgan fingerprint density at radius 2 is 2.04 bits per heavy atom. The monoisotopic (exact) mass is 312 g/mol. The van der Waals surface area contributed by atoms with E-state index in [1.54, 1.807) is 0 Å². The first-order valence-corrected chi connectivity index (χ1v) is 8.34. The normalized spacial score (nSPS) is 14.0. The van der Waals surface area contributed by atoms with Gasteiger partial charge in [-0.2, -0.15) is 0 Å². The highest BCUT2D eigenvalue weighted by atomic mass is 16.5. The van der Waals surface area contributed by atoms with Crippen LogP contribution < -0.4 is 5.32 Å². The van der Waals surface area contributed by atoms with E-state index in [4.69, 9.17) is 4.74 Å². The van der Waals surface area contributed by atoms with Crippen molar-refractivity contribution in [1.82, 2.24) is 9.88 Å². The molecule has 0 aliphatic heterocycles. The molecule has 0 saturated heterocycles. The number of nitrogens with zero attached hydrogens (tertiary/aromatic N) is 1. The van der Waals surface area contributed by atoms with Crippen molar-refractivity contribution in [3.05, 3.63) is 53.9 Å². The lowest BCUT2D eigenvalue weighted by molar-refractivity contribution is 0.0937. The molecule has 1 fully saturated rings. The van der Waals surface area contributed by atoms with E-state index in [2.05, 4.69) is 5.32 Å². The molecule has 1 saturated carbocycles. The lowest BCUT2D eigenvalue weighted by Crippen LogP contribution is -2.26. The summed E-state index contributed by atoms with van der Waals surface area (Å²) in [7, 11) is 0. The number of para-hydroxylation sites is 1. The molecule has 0 atom stereocenters. The van der Waals surface area contributed by atoms with E-state index in [1.165, 1.54) is 12.8 Å². The molecule has 122 valence electrons. The number of carbonyl (C=O) groups is 1. The van der Waals surface area contributed by atoms with Crippen molar-refractivity contribution >= 4 is 5.91 Å². The quantitative estimate of drug-likeness (QED) is 0.760. The average molecular weight is 312 g/mol. The number of amides is 1. The van der Waals surface area contributed by atoms with Crippen LogP contribution in [0.1, 0.15) is 35.2 Å². The Balaban J connectivity index is 1.55. The third-order valence-corrected chi connectivity index (χ3v) is 4.15. The maximum atomic E-state index is 12.5. The molecule has 0 bridgehead atoms. The molecule has 3 rings (SSSR count). The standard InChI is InChI=1S/C19H24N2O2/c1-15-6-4-7-17(18(15)21-11-2-3-12-21)19(22)20-10-5-13-23-14-16-8-9-16/h2-4,6-7,11-12,16H,5,8-10,13-14H2,1H3,(H,20,22). The maximum Gasteiger partial charge on any atom is 0.253 e. The minimum Gasteiger partial charge on any atom is -0.381 e. The summed E-state index contributed by atoms with van der Waals surface area (Å²) in [6.45, 7) is 4.26. The van der Waals surface area contributed by atoms with Crippen molar-refractivity contribution in [1.29, 1.82) is 0 Å². The van der Waals surface area contributed by atoms with Crippen LogP contribution in [0.5, 0.6) is 0 Å². The molecule has 0 radical (unpaired) electrons. The fourth-order valence-electron chi connectivity index (χ4n) is 2.67. The van der Waals surface area contributed by atoms with Gasteiger partial charge in [0.1, 0.15) is 0 Å². The Kier molecular flexibility index (Phi) is 5.13. The van der Waals surface area contributed by atoms with E-state index in [-0.39, 0.29) is 5.91 Å². The van der Waals surface area contributed by atoms with Gasteiger partial charge >= 0.3 is 0 Å². The summed E-state index contributed by atoms with van der Waals surface area (Å²) in [5.41, 5.74) is 2.74. The van der Waals surface area contributed by atoms with Crippen LogP contribution in [-0.2, 0) is 4.74 Å². The first-order valence-electron chi connectivity index (χ1n) is 8.34. The second kappa shape index (κ2) is 7.47. The summed E-state index contributed by atoms with van der Waals surface area (Å²) in [6.07, 6.45) is 7.40. The molecule has 1 aliphatic rings. The van der Waals surface area contributed by atoms with E-state index in [0.717, 1.165) is 36.8 Å². The van der Waals surface area contributed by atoms with Crippen LogP contribution in [0, 0.1) is 12.8 Å². The van der Waals surface area contributed by atoms with Gasteiger partial charge in [-0.1, -0.05) is 12.1 Å². The van der Waals surface area contributed by atoms with Crippen LogP contribution in [0.15, 0.2) is 42.7 Å². The number of hydrogen-bond donors (Lipinski definition) is 1. The van der Waals surface area contributed by atoms with Crippen molar-refractivity contribution in [2.24, 2.45) is 5.92 Å². The number of benzene rings is 1. The first-order chi connectivity index (χ1) is 11.3. The topological polar surface area (TPSA) is 43.3 Å². The van der Waals surface area contributed by atoms with Gasteiger partial charge in [0.15, 0.2) is 0 Å². The lowest BCUT2D eigenvalue weighted by Gasteiger charge is -2.14. The number of hydrogen-bond acceptors (Lipinski definition) is 2. The van der Waals surface area contributed by atoms with Gasteiger partial charge in [-0.25, -0.2) is 0 Å². The first kappa shape index (κ1) is 15.8. The molecule has 2 aromatic rings. The summed E-state index contributed by atoms with van der Waals surface area (Å²) in [4.78, 5) is 12.5.